The van der Waals surface area contributed by atoms with Gasteiger partial charge in [-0.15, -0.1) is 0 Å². The van der Waals surface area contributed by atoms with E-state index >= 15 is 0 Å². The molecule has 17 heavy (non-hydrogen) atoms. The van der Waals surface area contributed by atoms with Crippen molar-refractivity contribution in [2.45, 2.75) is 6.04 Å². The third kappa shape index (κ3) is 2.70. The van der Waals surface area contributed by atoms with Gasteiger partial charge in [0.05, 0.1) is 7.11 Å². The summed E-state index contributed by atoms with van der Waals surface area (Å²) in [5.41, 5.74) is 7.04. The van der Waals surface area contributed by atoms with Crippen LogP contribution in [0, 0.1) is 0 Å². The van der Waals surface area contributed by atoms with Crippen LogP contribution in [-0.4, -0.2) is 51.3 Å². The van der Waals surface area contributed by atoms with Gasteiger partial charge in [0.25, 0.3) is 0 Å². The van der Waals surface area contributed by atoms with Gasteiger partial charge in [-0.25, -0.2) is 0 Å². The first-order valence-corrected chi connectivity index (χ1v) is 6.04. The second-order valence-corrected chi connectivity index (χ2v) is 4.51. The zero-order chi connectivity index (χ0) is 12.3. The highest BCUT2D eigenvalue weighted by Gasteiger charge is 2.23. The van der Waals surface area contributed by atoms with Crippen molar-refractivity contribution in [2.24, 2.45) is 5.73 Å². The van der Waals surface area contributed by atoms with Gasteiger partial charge >= 0.3 is 0 Å². The molecule has 1 saturated heterocycles. The lowest BCUT2D eigenvalue weighted by Crippen LogP contribution is -2.54. The predicted octanol–water partition coefficient (Wildman–Crippen LogP) is 0.774. The van der Waals surface area contributed by atoms with Gasteiger partial charge in [0, 0.05) is 37.9 Å². The van der Waals surface area contributed by atoms with Crippen molar-refractivity contribution in [3.05, 3.63) is 24.3 Å². The Hall–Kier alpha value is -1.26. The minimum Gasteiger partial charge on any atom is -0.497 e. The smallest absolute Gasteiger partial charge is 0.119 e. The van der Waals surface area contributed by atoms with E-state index in [1.54, 1.807) is 7.11 Å². The Kier molecular flexibility index (Phi) is 3.86. The van der Waals surface area contributed by atoms with Crippen LogP contribution in [0.4, 0.5) is 5.69 Å². The van der Waals surface area contributed by atoms with Gasteiger partial charge in [-0.05, 0) is 31.3 Å². The first-order valence-electron chi connectivity index (χ1n) is 6.04. The van der Waals surface area contributed by atoms with E-state index in [1.807, 2.05) is 12.1 Å². The molecule has 1 aliphatic heterocycles. The molecule has 1 aliphatic rings. The fourth-order valence-electron chi connectivity index (χ4n) is 2.23. The summed E-state index contributed by atoms with van der Waals surface area (Å²) < 4.78 is 5.17. The van der Waals surface area contributed by atoms with Gasteiger partial charge in [0.15, 0.2) is 0 Å². The molecule has 2 N–H and O–H groups in total. The van der Waals surface area contributed by atoms with E-state index in [0.29, 0.717) is 12.6 Å². The minimum absolute atomic E-state index is 0.450. The van der Waals surface area contributed by atoms with E-state index in [0.717, 1.165) is 25.4 Å². The summed E-state index contributed by atoms with van der Waals surface area (Å²) in [4.78, 5) is 4.72. The Balaban J connectivity index is 2.06. The summed E-state index contributed by atoms with van der Waals surface area (Å²) in [6.07, 6.45) is 0. The lowest BCUT2D eigenvalue weighted by molar-refractivity contribution is 0.224. The van der Waals surface area contributed by atoms with Crippen molar-refractivity contribution < 1.29 is 4.74 Å². The van der Waals surface area contributed by atoms with Crippen LogP contribution in [0.3, 0.4) is 0 Å². The number of benzene rings is 1. The number of rotatable bonds is 3. The van der Waals surface area contributed by atoms with E-state index in [4.69, 9.17) is 10.5 Å². The summed E-state index contributed by atoms with van der Waals surface area (Å²) in [6.45, 7) is 3.83. The number of methoxy groups -OCH3 is 1. The lowest BCUT2D eigenvalue weighted by atomic mass is 10.1. The highest BCUT2D eigenvalue weighted by molar-refractivity contribution is 5.49. The Morgan fingerprint density at radius 3 is 2.59 bits per heavy atom. The quantitative estimate of drug-likeness (QED) is 0.840. The maximum Gasteiger partial charge on any atom is 0.119 e. The average molecular weight is 235 g/mol. The number of hydrogen-bond donors (Lipinski definition) is 1. The molecule has 0 saturated carbocycles. The van der Waals surface area contributed by atoms with E-state index in [9.17, 15) is 0 Å². The molecule has 2 rings (SSSR count). The van der Waals surface area contributed by atoms with Gasteiger partial charge in [0.2, 0.25) is 0 Å². The first kappa shape index (κ1) is 12.2. The van der Waals surface area contributed by atoms with Crippen molar-refractivity contribution >= 4 is 5.69 Å². The summed E-state index contributed by atoms with van der Waals surface area (Å²) >= 11 is 0. The molecular formula is C13H21N3O. The third-order valence-corrected chi connectivity index (χ3v) is 3.49. The fraction of sp³-hybridized carbons (Fsp3) is 0.538. The predicted molar refractivity (Wildman–Crippen MR) is 70.7 cm³/mol. The fourth-order valence-corrected chi connectivity index (χ4v) is 2.23. The van der Waals surface area contributed by atoms with Crippen molar-refractivity contribution in [3.63, 3.8) is 0 Å². The summed E-state index contributed by atoms with van der Waals surface area (Å²) in [5, 5.41) is 0. The first-order chi connectivity index (χ1) is 8.24. The zero-order valence-corrected chi connectivity index (χ0v) is 10.6. The number of anilines is 1. The molecule has 0 spiro atoms. The van der Waals surface area contributed by atoms with E-state index in [2.05, 4.69) is 29.0 Å². The van der Waals surface area contributed by atoms with Gasteiger partial charge in [-0.3, -0.25) is 4.90 Å². The van der Waals surface area contributed by atoms with Crippen LogP contribution >= 0.6 is 0 Å². The monoisotopic (exact) mass is 235 g/mol. The van der Waals surface area contributed by atoms with Gasteiger partial charge < -0.3 is 15.4 Å². The lowest BCUT2D eigenvalue weighted by Gasteiger charge is -2.40. The van der Waals surface area contributed by atoms with Crippen molar-refractivity contribution in [1.29, 1.82) is 0 Å². The Morgan fingerprint density at radius 1 is 1.29 bits per heavy atom. The standard InChI is InChI=1S/C13H21N3O/c1-15-7-8-16(10-12(15)9-14)11-3-5-13(17-2)6-4-11/h3-6,12H,7-10,14H2,1-2H3. The number of nitrogens with two attached hydrogens (primary N) is 1. The maximum atomic E-state index is 5.79. The number of hydrogen-bond acceptors (Lipinski definition) is 4. The van der Waals surface area contributed by atoms with E-state index in [-0.39, 0.29) is 0 Å². The van der Waals surface area contributed by atoms with Crippen LogP contribution in [0.1, 0.15) is 0 Å². The van der Waals surface area contributed by atoms with Crippen LogP contribution in [-0.2, 0) is 0 Å². The largest absolute Gasteiger partial charge is 0.497 e. The highest BCUT2D eigenvalue weighted by atomic mass is 16.5. The zero-order valence-electron chi connectivity index (χ0n) is 10.6. The molecule has 1 fully saturated rings. The molecule has 1 unspecified atom stereocenters. The molecule has 4 heteroatoms. The van der Waals surface area contributed by atoms with Crippen LogP contribution < -0.4 is 15.4 Å². The summed E-state index contributed by atoms with van der Waals surface area (Å²) in [7, 11) is 3.83. The molecule has 94 valence electrons. The minimum atomic E-state index is 0.450. The van der Waals surface area contributed by atoms with Crippen LogP contribution in [0.15, 0.2) is 24.3 Å². The molecule has 0 aromatic heterocycles. The van der Waals surface area contributed by atoms with Gasteiger partial charge in [-0.1, -0.05) is 0 Å². The molecule has 0 radical (unpaired) electrons. The van der Waals surface area contributed by atoms with Crippen LogP contribution in [0.2, 0.25) is 0 Å². The van der Waals surface area contributed by atoms with Crippen molar-refractivity contribution in [2.75, 3.05) is 45.2 Å². The number of likely N-dealkylation sites (N-methyl/N-ethyl adjacent to an activating group) is 1. The van der Waals surface area contributed by atoms with Crippen LogP contribution in [0.5, 0.6) is 5.75 Å². The molecule has 0 bridgehead atoms. The molecular weight excluding hydrogens is 214 g/mol. The summed E-state index contributed by atoms with van der Waals surface area (Å²) in [6, 6.07) is 8.68. The molecule has 1 atom stereocenters. The Morgan fingerprint density at radius 2 is 2.00 bits per heavy atom. The normalized spacial score (nSPS) is 21.6. The topological polar surface area (TPSA) is 41.7 Å². The van der Waals surface area contributed by atoms with Gasteiger partial charge in [0.1, 0.15) is 5.75 Å². The van der Waals surface area contributed by atoms with E-state index < -0.39 is 0 Å². The van der Waals surface area contributed by atoms with Crippen LogP contribution in [0.25, 0.3) is 0 Å². The van der Waals surface area contributed by atoms with Crippen molar-refractivity contribution in [1.82, 2.24) is 4.90 Å². The molecule has 4 nitrogen and oxygen atoms in total. The number of nitrogens with zero attached hydrogens (tertiary/aromatic N) is 2. The molecule has 0 amide bonds. The Bertz CT molecular complexity index is 352. The third-order valence-electron chi connectivity index (χ3n) is 3.49. The molecule has 1 aromatic carbocycles. The SMILES string of the molecule is COc1ccc(N2CCN(C)C(CN)C2)cc1. The van der Waals surface area contributed by atoms with Crippen molar-refractivity contribution in [3.8, 4) is 5.75 Å². The molecule has 1 heterocycles. The molecule has 1 aromatic rings. The second kappa shape index (κ2) is 5.38. The average Bonchev–Trinajstić information content (AvgIpc) is 2.39. The maximum absolute atomic E-state index is 5.79. The summed E-state index contributed by atoms with van der Waals surface area (Å²) in [5.74, 6) is 0.901. The number of ether oxygens (including phenoxy) is 1. The molecule has 0 aliphatic carbocycles. The Labute approximate surface area is 103 Å². The second-order valence-electron chi connectivity index (χ2n) is 4.51. The van der Waals surface area contributed by atoms with E-state index in [1.165, 1.54) is 5.69 Å². The van der Waals surface area contributed by atoms with Gasteiger partial charge in [-0.2, -0.15) is 0 Å². The number of piperazine rings is 1. The highest BCUT2D eigenvalue weighted by Crippen LogP contribution is 2.21.